The van der Waals surface area contributed by atoms with E-state index in [1.807, 2.05) is 0 Å². The molecule has 192 valence electrons. The number of nitrogens with zero attached hydrogens (tertiary/aromatic N) is 5. The molecule has 4 aromatic rings. The molecule has 0 bridgehead atoms. The largest absolute Gasteiger partial charge is 0.418 e. The normalized spacial score (nSPS) is 14.4. The Morgan fingerprint density at radius 3 is 2.29 bits per heavy atom. The Kier molecular flexibility index (Phi) is 5.89. The fourth-order valence-electron chi connectivity index (χ4n) is 4.26. The summed E-state index contributed by atoms with van der Waals surface area (Å²) in [5.74, 6) is -1.79. The Labute approximate surface area is 213 Å². The van der Waals surface area contributed by atoms with Crippen molar-refractivity contribution in [3.63, 3.8) is 0 Å². The molecule has 0 radical (unpaired) electrons. The number of halogens is 4. The van der Waals surface area contributed by atoms with Gasteiger partial charge in [0.25, 0.3) is 5.91 Å². The minimum absolute atomic E-state index is 0.0256. The van der Waals surface area contributed by atoms with E-state index in [1.165, 1.54) is 41.7 Å². The number of aromatic nitrogens is 4. The van der Waals surface area contributed by atoms with Crippen molar-refractivity contribution in [3.05, 3.63) is 89.8 Å². The number of carbonyl (C=O) groups is 2. The SMILES string of the molecule is CC1(C)C(=O)N(c2ncccn2)c2nccc(-c3ccc(C(F)(F)F)c(C(=O)Nc4ccc(F)cc4)n3)c21. The molecule has 1 N–H and O–H groups in total. The first-order valence-electron chi connectivity index (χ1n) is 11.2. The van der Waals surface area contributed by atoms with Gasteiger partial charge in [-0.2, -0.15) is 13.2 Å². The van der Waals surface area contributed by atoms with Crippen molar-refractivity contribution in [1.82, 2.24) is 19.9 Å². The third-order valence-corrected chi connectivity index (χ3v) is 6.05. The van der Waals surface area contributed by atoms with Gasteiger partial charge >= 0.3 is 6.18 Å². The standard InChI is InChI=1S/C26H18F4N6O2/c1-25(2)19-16(10-13-31-21(19)36(23(25)38)24-32-11-3-12-33-24)18-9-8-17(26(28,29)30)20(35-18)22(37)34-15-6-4-14(27)5-7-15/h3-13H,1-2H3,(H,34,37). The minimum atomic E-state index is -4.88. The zero-order chi connectivity index (χ0) is 27.2. The summed E-state index contributed by atoms with van der Waals surface area (Å²) in [4.78, 5) is 44.3. The maximum Gasteiger partial charge on any atom is 0.418 e. The second kappa shape index (κ2) is 8.98. The van der Waals surface area contributed by atoms with E-state index < -0.39 is 34.6 Å². The number of carbonyl (C=O) groups excluding carboxylic acids is 2. The highest BCUT2D eigenvalue weighted by Gasteiger charge is 2.48. The molecule has 3 aromatic heterocycles. The molecular formula is C26H18F4N6O2. The molecule has 0 saturated carbocycles. The number of pyridine rings is 2. The maximum atomic E-state index is 13.8. The molecule has 8 nitrogen and oxygen atoms in total. The van der Waals surface area contributed by atoms with Gasteiger partial charge in [0.1, 0.15) is 17.3 Å². The zero-order valence-corrected chi connectivity index (χ0v) is 19.9. The lowest BCUT2D eigenvalue weighted by Crippen LogP contribution is -2.34. The number of amides is 2. The molecule has 0 fully saturated rings. The molecule has 38 heavy (non-hydrogen) atoms. The highest BCUT2D eigenvalue weighted by atomic mass is 19.4. The summed E-state index contributed by atoms with van der Waals surface area (Å²) in [6, 6.07) is 9.55. The Morgan fingerprint density at radius 2 is 1.63 bits per heavy atom. The molecule has 0 unspecified atom stereocenters. The number of rotatable bonds is 4. The Hall–Kier alpha value is -4.74. The lowest BCUT2D eigenvalue weighted by molar-refractivity contribution is -0.138. The van der Waals surface area contributed by atoms with Crippen molar-refractivity contribution in [2.75, 3.05) is 10.2 Å². The van der Waals surface area contributed by atoms with Gasteiger partial charge in [-0.3, -0.25) is 9.59 Å². The van der Waals surface area contributed by atoms with Crippen LogP contribution in [0.5, 0.6) is 0 Å². The molecular weight excluding hydrogens is 504 g/mol. The summed E-state index contributed by atoms with van der Waals surface area (Å²) >= 11 is 0. The van der Waals surface area contributed by atoms with Crippen LogP contribution in [0.4, 0.5) is 35.0 Å². The molecule has 2 amide bonds. The number of fused-ring (bicyclic) bond motifs is 1. The molecule has 1 aromatic carbocycles. The topological polar surface area (TPSA) is 101 Å². The Balaban J connectivity index is 1.64. The van der Waals surface area contributed by atoms with Crippen LogP contribution in [0.3, 0.4) is 0 Å². The number of hydrogen-bond donors (Lipinski definition) is 1. The first-order valence-corrected chi connectivity index (χ1v) is 11.2. The van der Waals surface area contributed by atoms with Gasteiger partial charge in [0, 0.05) is 35.4 Å². The molecule has 0 atom stereocenters. The van der Waals surface area contributed by atoms with Crippen LogP contribution in [-0.4, -0.2) is 31.8 Å². The van der Waals surface area contributed by atoms with Crippen LogP contribution in [0.15, 0.2) is 67.1 Å². The summed E-state index contributed by atoms with van der Waals surface area (Å²) in [6.45, 7) is 3.29. The summed E-state index contributed by atoms with van der Waals surface area (Å²) in [7, 11) is 0. The zero-order valence-electron chi connectivity index (χ0n) is 19.9. The number of hydrogen-bond acceptors (Lipinski definition) is 6. The molecule has 1 aliphatic rings. The van der Waals surface area contributed by atoms with E-state index >= 15 is 0 Å². The fourth-order valence-corrected chi connectivity index (χ4v) is 4.26. The van der Waals surface area contributed by atoms with Crippen LogP contribution >= 0.6 is 0 Å². The average Bonchev–Trinajstić information content (AvgIpc) is 3.10. The van der Waals surface area contributed by atoms with Crippen molar-refractivity contribution >= 4 is 29.3 Å². The van der Waals surface area contributed by atoms with Gasteiger partial charge in [-0.25, -0.2) is 29.2 Å². The van der Waals surface area contributed by atoms with Crippen LogP contribution in [0, 0.1) is 5.82 Å². The maximum absolute atomic E-state index is 13.8. The van der Waals surface area contributed by atoms with E-state index in [9.17, 15) is 27.2 Å². The average molecular weight is 522 g/mol. The predicted molar refractivity (Wildman–Crippen MR) is 129 cm³/mol. The quantitative estimate of drug-likeness (QED) is 0.365. The van der Waals surface area contributed by atoms with Gasteiger partial charge < -0.3 is 5.32 Å². The second-order valence-electron chi connectivity index (χ2n) is 8.92. The van der Waals surface area contributed by atoms with E-state index in [0.29, 0.717) is 11.1 Å². The van der Waals surface area contributed by atoms with Crippen LogP contribution in [0.2, 0.25) is 0 Å². The third kappa shape index (κ3) is 4.23. The lowest BCUT2D eigenvalue weighted by atomic mass is 9.83. The monoisotopic (exact) mass is 522 g/mol. The van der Waals surface area contributed by atoms with Crippen LogP contribution in [0.25, 0.3) is 11.3 Å². The van der Waals surface area contributed by atoms with Crippen LogP contribution in [0.1, 0.15) is 35.5 Å². The van der Waals surface area contributed by atoms with Crippen LogP contribution in [-0.2, 0) is 16.4 Å². The van der Waals surface area contributed by atoms with Gasteiger partial charge in [0.05, 0.1) is 16.7 Å². The lowest BCUT2D eigenvalue weighted by Gasteiger charge is -2.20. The van der Waals surface area contributed by atoms with Gasteiger partial charge in [-0.1, -0.05) is 0 Å². The first-order chi connectivity index (χ1) is 18.0. The summed E-state index contributed by atoms with van der Waals surface area (Å²) in [5.41, 5.74) is -2.47. The molecule has 4 heterocycles. The molecule has 12 heteroatoms. The Bertz CT molecular complexity index is 1560. The van der Waals surface area contributed by atoms with Crippen molar-refractivity contribution in [2.45, 2.75) is 25.4 Å². The Morgan fingerprint density at radius 1 is 0.947 bits per heavy atom. The number of benzene rings is 1. The minimum Gasteiger partial charge on any atom is -0.321 e. The summed E-state index contributed by atoms with van der Waals surface area (Å²) in [6.07, 6.45) is -0.559. The number of anilines is 3. The molecule has 0 spiro atoms. The van der Waals surface area contributed by atoms with E-state index in [2.05, 4.69) is 25.3 Å². The molecule has 1 aliphatic heterocycles. The van der Waals surface area contributed by atoms with Crippen molar-refractivity contribution in [1.29, 1.82) is 0 Å². The molecule has 5 rings (SSSR count). The van der Waals surface area contributed by atoms with Crippen molar-refractivity contribution in [3.8, 4) is 11.3 Å². The van der Waals surface area contributed by atoms with Gasteiger partial charge in [-0.15, -0.1) is 0 Å². The second-order valence-corrected chi connectivity index (χ2v) is 8.92. The summed E-state index contributed by atoms with van der Waals surface area (Å²) < 4.78 is 54.7. The summed E-state index contributed by atoms with van der Waals surface area (Å²) in [5, 5.41) is 2.32. The molecule has 0 aliphatic carbocycles. The van der Waals surface area contributed by atoms with E-state index in [0.717, 1.165) is 24.3 Å². The number of alkyl halides is 3. The van der Waals surface area contributed by atoms with Crippen molar-refractivity contribution < 1.29 is 27.2 Å². The number of nitrogens with one attached hydrogen (secondary N) is 1. The third-order valence-electron chi connectivity index (χ3n) is 6.05. The smallest absolute Gasteiger partial charge is 0.321 e. The van der Waals surface area contributed by atoms with Crippen molar-refractivity contribution in [2.24, 2.45) is 0 Å². The highest BCUT2D eigenvalue weighted by Crippen LogP contribution is 2.47. The van der Waals surface area contributed by atoms with E-state index in [1.54, 1.807) is 19.9 Å². The predicted octanol–water partition coefficient (Wildman–Crippen LogP) is 5.30. The van der Waals surface area contributed by atoms with Gasteiger partial charge in [-0.05, 0) is 62.4 Å². The highest BCUT2D eigenvalue weighted by molar-refractivity contribution is 6.12. The van der Waals surface area contributed by atoms with E-state index in [-0.39, 0.29) is 29.1 Å². The van der Waals surface area contributed by atoms with Crippen LogP contribution < -0.4 is 10.2 Å². The van der Waals surface area contributed by atoms with E-state index in [4.69, 9.17) is 0 Å². The fraction of sp³-hybridized carbons (Fsp3) is 0.154. The molecule has 0 saturated heterocycles. The first kappa shape index (κ1) is 24.9. The van der Waals surface area contributed by atoms with Gasteiger partial charge in [0.2, 0.25) is 11.9 Å². The van der Waals surface area contributed by atoms with Gasteiger partial charge in [0.15, 0.2) is 0 Å².